The fourth-order valence-electron chi connectivity index (χ4n) is 1.59. The molecule has 0 atom stereocenters. The van der Waals surface area contributed by atoms with Crippen LogP contribution in [0.4, 0.5) is 19.0 Å². The second kappa shape index (κ2) is 6.41. The zero-order valence-electron chi connectivity index (χ0n) is 11.1. The minimum Gasteiger partial charge on any atom is -0.346 e. The van der Waals surface area contributed by atoms with E-state index in [0.29, 0.717) is 11.5 Å². The summed E-state index contributed by atoms with van der Waals surface area (Å²) in [5, 5.41) is 0. The molecule has 0 aliphatic heterocycles. The van der Waals surface area contributed by atoms with Gasteiger partial charge in [0.25, 0.3) is 0 Å². The van der Waals surface area contributed by atoms with Crippen molar-refractivity contribution >= 4 is 17.4 Å². The number of halogens is 4. The van der Waals surface area contributed by atoms with Crippen LogP contribution in [0.5, 0.6) is 0 Å². The molecule has 0 radical (unpaired) electrons. The molecule has 0 aliphatic rings. The van der Waals surface area contributed by atoms with Crippen LogP contribution in [-0.4, -0.2) is 35.1 Å². The van der Waals surface area contributed by atoms with Gasteiger partial charge in [0.05, 0.1) is 0 Å². The molecule has 1 aromatic heterocycles. The van der Waals surface area contributed by atoms with Crippen molar-refractivity contribution in [2.45, 2.75) is 32.9 Å². The highest BCUT2D eigenvalue weighted by molar-refractivity contribution is 6.18. The Morgan fingerprint density at radius 1 is 1.32 bits per heavy atom. The maximum absolute atomic E-state index is 12.5. The van der Waals surface area contributed by atoms with E-state index in [-0.39, 0.29) is 24.2 Å². The zero-order valence-corrected chi connectivity index (χ0v) is 11.9. The van der Waals surface area contributed by atoms with Gasteiger partial charge >= 0.3 is 6.18 Å². The van der Waals surface area contributed by atoms with E-state index in [4.69, 9.17) is 11.6 Å². The molecule has 108 valence electrons. The van der Waals surface area contributed by atoms with Gasteiger partial charge in [-0.1, -0.05) is 13.8 Å². The normalized spacial score (nSPS) is 12.0. The molecule has 0 aliphatic carbocycles. The van der Waals surface area contributed by atoms with Crippen LogP contribution in [0.3, 0.4) is 0 Å². The summed E-state index contributed by atoms with van der Waals surface area (Å²) in [5.41, 5.74) is 0.649. The first-order valence-electron chi connectivity index (χ1n) is 5.96. The molecule has 0 N–H and O–H groups in total. The van der Waals surface area contributed by atoms with Crippen molar-refractivity contribution in [3.8, 4) is 0 Å². The van der Waals surface area contributed by atoms with E-state index < -0.39 is 12.7 Å². The summed E-state index contributed by atoms with van der Waals surface area (Å²) in [6.07, 6.45) is -4.29. The number of aromatic nitrogens is 2. The summed E-state index contributed by atoms with van der Waals surface area (Å²) in [4.78, 5) is 9.55. The molecule has 3 nitrogen and oxygen atoms in total. The van der Waals surface area contributed by atoms with Gasteiger partial charge in [0.15, 0.2) is 0 Å². The first-order valence-corrected chi connectivity index (χ1v) is 6.49. The van der Waals surface area contributed by atoms with E-state index in [9.17, 15) is 13.2 Å². The quantitative estimate of drug-likeness (QED) is 0.778. The highest BCUT2D eigenvalue weighted by atomic mass is 35.5. The lowest BCUT2D eigenvalue weighted by Crippen LogP contribution is -2.36. The standard InChI is InChI=1S/C12H17ClF3N3/c1-8(2)11-17-9(3)6-10(18-11)19(5-4-13)7-12(14,15)16/h6,8H,4-5,7H2,1-3H3. The third-order valence-corrected chi connectivity index (χ3v) is 2.59. The van der Waals surface area contributed by atoms with E-state index in [1.807, 2.05) is 13.8 Å². The van der Waals surface area contributed by atoms with Gasteiger partial charge < -0.3 is 4.90 Å². The van der Waals surface area contributed by atoms with Crippen molar-refractivity contribution in [1.29, 1.82) is 0 Å². The average molecular weight is 296 g/mol. The Morgan fingerprint density at radius 2 is 1.95 bits per heavy atom. The van der Waals surface area contributed by atoms with Crippen molar-refractivity contribution in [2.75, 3.05) is 23.9 Å². The lowest BCUT2D eigenvalue weighted by atomic mass is 10.2. The first kappa shape index (κ1) is 16.0. The van der Waals surface area contributed by atoms with Crippen LogP contribution in [0, 0.1) is 6.92 Å². The molecule has 7 heteroatoms. The molecule has 0 aromatic carbocycles. The number of rotatable bonds is 5. The van der Waals surface area contributed by atoms with E-state index in [1.165, 1.54) is 0 Å². The number of aryl methyl sites for hydroxylation is 1. The Bertz CT molecular complexity index is 421. The van der Waals surface area contributed by atoms with Gasteiger partial charge in [-0.15, -0.1) is 11.6 Å². The lowest BCUT2D eigenvalue weighted by Gasteiger charge is -2.25. The molecule has 19 heavy (non-hydrogen) atoms. The van der Waals surface area contributed by atoms with Gasteiger partial charge in [0, 0.05) is 30.1 Å². The van der Waals surface area contributed by atoms with Crippen molar-refractivity contribution in [1.82, 2.24) is 9.97 Å². The van der Waals surface area contributed by atoms with Gasteiger partial charge in [-0.2, -0.15) is 13.2 Å². The Labute approximate surface area is 115 Å². The smallest absolute Gasteiger partial charge is 0.346 e. The van der Waals surface area contributed by atoms with E-state index in [2.05, 4.69) is 9.97 Å². The monoisotopic (exact) mass is 295 g/mol. The summed E-state index contributed by atoms with van der Waals surface area (Å²) in [5.74, 6) is 0.976. The molecule has 0 unspecified atom stereocenters. The summed E-state index contributed by atoms with van der Waals surface area (Å²) < 4.78 is 37.6. The number of nitrogens with zero attached hydrogens (tertiary/aromatic N) is 3. The predicted octanol–water partition coefficient (Wildman–Crippen LogP) is 3.52. The van der Waals surface area contributed by atoms with Gasteiger partial charge in [0.2, 0.25) is 0 Å². The maximum atomic E-state index is 12.5. The number of alkyl halides is 4. The molecule has 0 amide bonds. The number of hydrogen-bond acceptors (Lipinski definition) is 3. The molecular weight excluding hydrogens is 279 g/mol. The third-order valence-electron chi connectivity index (χ3n) is 2.42. The molecule has 1 rings (SSSR count). The predicted molar refractivity (Wildman–Crippen MR) is 69.8 cm³/mol. The second-order valence-electron chi connectivity index (χ2n) is 4.61. The van der Waals surface area contributed by atoms with Crippen molar-refractivity contribution in [3.63, 3.8) is 0 Å². The number of hydrogen-bond donors (Lipinski definition) is 0. The lowest BCUT2D eigenvalue weighted by molar-refractivity contribution is -0.119. The van der Waals surface area contributed by atoms with E-state index in [0.717, 1.165) is 4.90 Å². The SMILES string of the molecule is Cc1cc(N(CCCl)CC(F)(F)F)nc(C(C)C)n1. The topological polar surface area (TPSA) is 29.0 Å². The minimum absolute atomic E-state index is 0.0578. The molecule has 0 spiro atoms. The molecule has 1 heterocycles. The van der Waals surface area contributed by atoms with Gasteiger partial charge in [-0.3, -0.25) is 0 Å². The third kappa shape index (κ3) is 5.22. The molecule has 0 saturated heterocycles. The Kier molecular flexibility index (Phi) is 5.40. The second-order valence-corrected chi connectivity index (χ2v) is 4.98. The average Bonchev–Trinajstić information content (AvgIpc) is 2.25. The molecule has 0 bridgehead atoms. The van der Waals surface area contributed by atoms with E-state index in [1.54, 1.807) is 13.0 Å². The summed E-state index contributed by atoms with van der Waals surface area (Å²) >= 11 is 5.56. The van der Waals surface area contributed by atoms with Crippen LogP contribution in [0.1, 0.15) is 31.3 Å². The van der Waals surface area contributed by atoms with Crippen molar-refractivity contribution in [3.05, 3.63) is 17.6 Å². The molecule has 0 saturated carbocycles. The molecule has 0 fully saturated rings. The number of anilines is 1. The van der Waals surface area contributed by atoms with E-state index >= 15 is 0 Å². The highest BCUT2D eigenvalue weighted by Crippen LogP contribution is 2.22. The zero-order chi connectivity index (χ0) is 14.6. The maximum Gasteiger partial charge on any atom is 0.405 e. The highest BCUT2D eigenvalue weighted by Gasteiger charge is 2.31. The van der Waals surface area contributed by atoms with Gasteiger partial charge in [-0.25, -0.2) is 9.97 Å². The van der Waals surface area contributed by atoms with Crippen molar-refractivity contribution < 1.29 is 13.2 Å². The first-order chi connectivity index (χ1) is 8.73. The van der Waals surface area contributed by atoms with Crippen LogP contribution in [-0.2, 0) is 0 Å². The molecular formula is C12H17ClF3N3. The minimum atomic E-state index is -4.29. The van der Waals surface area contributed by atoms with Crippen LogP contribution in [0.25, 0.3) is 0 Å². The summed E-state index contributed by atoms with van der Waals surface area (Å²) in [6, 6.07) is 1.55. The van der Waals surface area contributed by atoms with Gasteiger partial charge in [0.1, 0.15) is 18.2 Å². The summed E-state index contributed by atoms with van der Waals surface area (Å²) in [6.45, 7) is 4.56. The van der Waals surface area contributed by atoms with Crippen LogP contribution >= 0.6 is 11.6 Å². The van der Waals surface area contributed by atoms with Gasteiger partial charge in [-0.05, 0) is 6.92 Å². The summed E-state index contributed by atoms with van der Waals surface area (Å²) in [7, 11) is 0. The van der Waals surface area contributed by atoms with Crippen LogP contribution in [0.15, 0.2) is 6.07 Å². The largest absolute Gasteiger partial charge is 0.405 e. The van der Waals surface area contributed by atoms with Crippen LogP contribution in [0.2, 0.25) is 0 Å². The Hall–Kier alpha value is -1.04. The molecule has 1 aromatic rings. The van der Waals surface area contributed by atoms with Crippen LogP contribution < -0.4 is 4.90 Å². The Morgan fingerprint density at radius 3 is 2.42 bits per heavy atom. The Balaban J connectivity index is 3.07. The fraction of sp³-hybridized carbons (Fsp3) is 0.667. The van der Waals surface area contributed by atoms with Crippen molar-refractivity contribution in [2.24, 2.45) is 0 Å². The fourth-order valence-corrected chi connectivity index (χ4v) is 1.79.